The topological polar surface area (TPSA) is 63.2 Å². The molecule has 2 heterocycles. The van der Waals surface area contributed by atoms with E-state index in [-0.39, 0.29) is 19.4 Å². The zero-order valence-electron chi connectivity index (χ0n) is 16.5. The Bertz CT molecular complexity index is 1160. The predicted octanol–water partition coefficient (Wildman–Crippen LogP) is 4.49. The van der Waals surface area contributed by atoms with Crippen LogP contribution in [0, 0.1) is 0 Å². The molecule has 5 rings (SSSR count). The molecule has 0 atom stereocenters. The second kappa shape index (κ2) is 6.58. The highest BCUT2D eigenvalue weighted by atomic mass is 16.7. The lowest BCUT2D eigenvalue weighted by molar-refractivity contribution is 0.0535. The Hall–Kier alpha value is -3.41. The van der Waals surface area contributed by atoms with E-state index in [1.54, 1.807) is 14.2 Å². The molecule has 0 unspecified atom stereocenters. The Kier molecular flexibility index (Phi) is 4.01. The van der Waals surface area contributed by atoms with Crippen LogP contribution in [-0.2, 0) is 17.8 Å². The molecule has 2 aliphatic heterocycles. The van der Waals surface area contributed by atoms with E-state index in [4.69, 9.17) is 23.7 Å². The zero-order chi connectivity index (χ0) is 20.1. The number of esters is 1. The maximum atomic E-state index is 12.7. The minimum Gasteiger partial charge on any atom is -0.493 e. The average Bonchev–Trinajstić information content (AvgIpc) is 3.37. The summed E-state index contributed by atoms with van der Waals surface area (Å²) in [5.74, 6) is 2.31. The molecule has 0 radical (unpaired) electrons. The van der Waals surface area contributed by atoms with Crippen molar-refractivity contribution in [3.63, 3.8) is 0 Å². The third-order valence-corrected chi connectivity index (χ3v) is 5.60. The Morgan fingerprint density at radius 1 is 0.897 bits per heavy atom. The standard InChI is InChI=1S/C23H20O6/c1-4-13-14-8-18(25-2)19(26-3)9-15(14)21(22-16(13)10-27-23(22)24)12-5-6-17-20(7-12)29-11-28-17/h5-9H,4,10-11H2,1-3H3. The molecule has 6 nitrogen and oxygen atoms in total. The minimum atomic E-state index is -0.306. The largest absolute Gasteiger partial charge is 0.493 e. The zero-order valence-corrected chi connectivity index (χ0v) is 16.5. The minimum absolute atomic E-state index is 0.194. The van der Waals surface area contributed by atoms with Crippen molar-refractivity contribution in [3.8, 4) is 34.1 Å². The molecule has 29 heavy (non-hydrogen) atoms. The highest BCUT2D eigenvalue weighted by molar-refractivity contribution is 6.12. The molecule has 3 aromatic rings. The van der Waals surface area contributed by atoms with Crippen molar-refractivity contribution in [1.82, 2.24) is 0 Å². The van der Waals surface area contributed by atoms with E-state index in [9.17, 15) is 4.79 Å². The van der Waals surface area contributed by atoms with Crippen LogP contribution in [0.5, 0.6) is 23.0 Å². The third-order valence-electron chi connectivity index (χ3n) is 5.60. The summed E-state index contributed by atoms with van der Waals surface area (Å²) in [5.41, 5.74) is 4.31. The van der Waals surface area contributed by atoms with Crippen LogP contribution >= 0.6 is 0 Å². The summed E-state index contributed by atoms with van der Waals surface area (Å²) in [6.45, 7) is 2.55. The number of hydrogen-bond acceptors (Lipinski definition) is 6. The molecule has 6 heteroatoms. The Morgan fingerprint density at radius 3 is 2.34 bits per heavy atom. The van der Waals surface area contributed by atoms with E-state index >= 15 is 0 Å². The molecule has 0 spiro atoms. The van der Waals surface area contributed by atoms with Gasteiger partial charge in [-0.1, -0.05) is 13.0 Å². The first-order chi connectivity index (χ1) is 14.2. The molecule has 3 aromatic carbocycles. The lowest BCUT2D eigenvalue weighted by Gasteiger charge is -2.18. The van der Waals surface area contributed by atoms with E-state index in [2.05, 4.69) is 6.92 Å². The van der Waals surface area contributed by atoms with Crippen molar-refractivity contribution < 1.29 is 28.5 Å². The lowest BCUT2D eigenvalue weighted by atomic mass is 9.85. The number of benzene rings is 3. The van der Waals surface area contributed by atoms with E-state index in [0.717, 1.165) is 39.4 Å². The number of ether oxygens (including phenoxy) is 5. The van der Waals surface area contributed by atoms with Gasteiger partial charge in [-0.05, 0) is 52.6 Å². The Morgan fingerprint density at radius 2 is 1.62 bits per heavy atom. The normalized spacial score (nSPS) is 14.1. The van der Waals surface area contributed by atoms with Gasteiger partial charge in [0.1, 0.15) is 6.61 Å². The van der Waals surface area contributed by atoms with Crippen LogP contribution in [0.2, 0.25) is 0 Å². The number of fused-ring (bicyclic) bond motifs is 3. The third kappa shape index (κ3) is 2.52. The van der Waals surface area contributed by atoms with Crippen molar-refractivity contribution in [2.24, 2.45) is 0 Å². The second-order valence-corrected chi connectivity index (χ2v) is 6.96. The Balaban J connectivity index is 1.91. The summed E-state index contributed by atoms with van der Waals surface area (Å²) in [6.07, 6.45) is 0.770. The highest BCUT2D eigenvalue weighted by Gasteiger charge is 2.31. The Labute approximate surface area is 167 Å². The summed E-state index contributed by atoms with van der Waals surface area (Å²) < 4.78 is 27.5. The number of cyclic esters (lactones) is 1. The molecular formula is C23H20O6. The van der Waals surface area contributed by atoms with Gasteiger partial charge >= 0.3 is 5.97 Å². The molecule has 0 N–H and O–H groups in total. The quantitative estimate of drug-likeness (QED) is 0.610. The summed E-state index contributed by atoms with van der Waals surface area (Å²) in [6, 6.07) is 9.62. The maximum absolute atomic E-state index is 12.7. The van der Waals surface area contributed by atoms with Crippen LogP contribution in [0.15, 0.2) is 30.3 Å². The number of hydrogen-bond donors (Lipinski definition) is 0. The maximum Gasteiger partial charge on any atom is 0.339 e. The molecule has 0 fully saturated rings. The molecule has 148 valence electrons. The van der Waals surface area contributed by atoms with Crippen LogP contribution in [0.1, 0.15) is 28.4 Å². The molecule has 0 bridgehead atoms. The first-order valence-electron chi connectivity index (χ1n) is 9.46. The monoisotopic (exact) mass is 392 g/mol. The summed E-state index contributed by atoms with van der Waals surface area (Å²) >= 11 is 0. The van der Waals surface area contributed by atoms with Gasteiger partial charge in [0.05, 0.1) is 19.8 Å². The van der Waals surface area contributed by atoms with Crippen molar-refractivity contribution in [2.45, 2.75) is 20.0 Å². The molecule has 0 aromatic heterocycles. The van der Waals surface area contributed by atoms with E-state index in [0.29, 0.717) is 28.6 Å². The number of methoxy groups -OCH3 is 2. The van der Waals surface area contributed by atoms with Gasteiger partial charge in [0, 0.05) is 11.1 Å². The first kappa shape index (κ1) is 17.7. The smallest absolute Gasteiger partial charge is 0.339 e. The van der Waals surface area contributed by atoms with Gasteiger partial charge < -0.3 is 23.7 Å². The SMILES string of the molecule is CCc1c2c(c(-c3ccc4c(c3)OCO4)c3cc(OC)c(OC)cc13)C(=O)OC2. The molecule has 2 aliphatic rings. The summed E-state index contributed by atoms with van der Waals surface area (Å²) in [5, 5.41) is 1.94. The fourth-order valence-electron chi connectivity index (χ4n) is 4.28. The first-order valence-corrected chi connectivity index (χ1v) is 9.46. The second-order valence-electron chi connectivity index (χ2n) is 6.96. The number of carbonyl (C=O) groups is 1. The number of aryl methyl sites for hydroxylation is 1. The van der Waals surface area contributed by atoms with Crippen LogP contribution < -0.4 is 18.9 Å². The average molecular weight is 392 g/mol. The number of carbonyl (C=O) groups excluding carboxylic acids is 1. The van der Waals surface area contributed by atoms with Crippen LogP contribution in [0.4, 0.5) is 0 Å². The lowest BCUT2D eigenvalue weighted by Crippen LogP contribution is -2.03. The van der Waals surface area contributed by atoms with E-state index < -0.39 is 0 Å². The fourth-order valence-corrected chi connectivity index (χ4v) is 4.28. The van der Waals surface area contributed by atoms with Crippen LogP contribution in [0.25, 0.3) is 21.9 Å². The van der Waals surface area contributed by atoms with Crippen molar-refractivity contribution >= 4 is 16.7 Å². The van der Waals surface area contributed by atoms with Crippen molar-refractivity contribution in [1.29, 1.82) is 0 Å². The summed E-state index contributed by atoms with van der Waals surface area (Å²) in [4.78, 5) is 12.7. The number of rotatable bonds is 4. The molecule has 0 amide bonds. The van der Waals surface area contributed by atoms with Gasteiger partial charge in [0.2, 0.25) is 6.79 Å². The molecule has 0 aliphatic carbocycles. The molecular weight excluding hydrogens is 372 g/mol. The van der Waals surface area contributed by atoms with Gasteiger partial charge in [-0.25, -0.2) is 4.79 Å². The molecule has 0 saturated heterocycles. The van der Waals surface area contributed by atoms with E-state index in [1.807, 2.05) is 30.3 Å². The van der Waals surface area contributed by atoms with Gasteiger partial charge in [-0.15, -0.1) is 0 Å². The summed E-state index contributed by atoms with van der Waals surface area (Å²) in [7, 11) is 3.22. The van der Waals surface area contributed by atoms with Gasteiger partial charge in [0.15, 0.2) is 23.0 Å². The van der Waals surface area contributed by atoms with Crippen molar-refractivity contribution in [2.75, 3.05) is 21.0 Å². The fraction of sp³-hybridized carbons (Fsp3) is 0.261. The van der Waals surface area contributed by atoms with Gasteiger partial charge in [-0.3, -0.25) is 0 Å². The van der Waals surface area contributed by atoms with Crippen LogP contribution in [-0.4, -0.2) is 27.0 Å². The van der Waals surface area contributed by atoms with E-state index in [1.165, 1.54) is 0 Å². The van der Waals surface area contributed by atoms with Crippen LogP contribution in [0.3, 0.4) is 0 Å². The van der Waals surface area contributed by atoms with Crippen molar-refractivity contribution in [3.05, 3.63) is 47.0 Å². The molecule has 0 saturated carbocycles. The predicted molar refractivity (Wildman–Crippen MR) is 107 cm³/mol. The highest BCUT2D eigenvalue weighted by Crippen LogP contribution is 2.46. The van der Waals surface area contributed by atoms with Gasteiger partial charge in [-0.2, -0.15) is 0 Å². The van der Waals surface area contributed by atoms with Gasteiger partial charge in [0.25, 0.3) is 0 Å².